The number of benzene rings is 1. The fourth-order valence-corrected chi connectivity index (χ4v) is 1.35. The SMILES string of the molecule is C#C.c1ccc(Oc2nccs2)cc1. The predicted molar refractivity (Wildman–Crippen MR) is 58.5 cm³/mol. The number of aromatic nitrogens is 1. The summed E-state index contributed by atoms with van der Waals surface area (Å²) < 4.78 is 5.43. The number of para-hydroxylation sites is 1. The molecule has 14 heavy (non-hydrogen) atoms. The van der Waals surface area contributed by atoms with Crippen LogP contribution in [0, 0.1) is 12.8 Å². The van der Waals surface area contributed by atoms with Crippen LogP contribution in [0.5, 0.6) is 10.9 Å². The summed E-state index contributed by atoms with van der Waals surface area (Å²) in [6, 6.07) is 9.63. The molecule has 3 heteroatoms. The maximum absolute atomic E-state index is 5.43. The van der Waals surface area contributed by atoms with Gasteiger partial charge in [0.15, 0.2) is 0 Å². The Labute approximate surface area is 87.2 Å². The number of terminal acetylenes is 1. The van der Waals surface area contributed by atoms with E-state index in [9.17, 15) is 0 Å². The van der Waals surface area contributed by atoms with Crippen LogP contribution in [0.2, 0.25) is 0 Å². The third-order valence-corrected chi connectivity index (χ3v) is 2.01. The van der Waals surface area contributed by atoms with Gasteiger partial charge in [-0.1, -0.05) is 29.5 Å². The highest BCUT2D eigenvalue weighted by molar-refractivity contribution is 7.11. The molecule has 0 radical (unpaired) electrons. The van der Waals surface area contributed by atoms with Gasteiger partial charge in [0, 0.05) is 11.6 Å². The van der Waals surface area contributed by atoms with Crippen molar-refractivity contribution < 1.29 is 4.74 Å². The fraction of sp³-hybridized carbons (Fsp3) is 0. The van der Waals surface area contributed by atoms with Gasteiger partial charge in [0.05, 0.1) is 0 Å². The van der Waals surface area contributed by atoms with Crippen LogP contribution in [-0.2, 0) is 0 Å². The molecular weight excluding hydrogens is 194 g/mol. The first-order valence-corrected chi connectivity index (χ1v) is 4.79. The second kappa shape index (κ2) is 5.79. The Morgan fingerprint density at radius 1 is 1.14 bits per heavy atom. The van der Waals surface area contributed by atoms with Crippen molar-refractivity contribution in [1.29, 1.82) is 0 Å². The molecule has 0 saturated carbocycles. The molecule has 2 aromatic rings. The van der Waals surface area contributed by atoms with E-state index in [4.69, 9.17) is 4.74 Å². The summed E-state index contributed by atoms with van der Waals surface area (Å²) in [5.74, 6) is 0.826. The predicted octanol–water partition coefficient (Wildman–Crippen LogP) is 3.18. The molecular formula is C11H9NOS. The molecule has 0 atom stereocenters. The van der Waals surface area contributed by atoms with E-state index in [0.29, 0.717) is 5.19 Å². The molecule has 1 heterocycles. The molecule has 0 fully saturated rings. The highest BCUT2D eigenvalue weighted by Gasteiger charge is 1.96. The zero-order chi connectivity index (χ0) is 10.2. The third-order valence-electron chi connectivity index (χ3n) is 1.36. The average Bonchev–Trinajstić information content (AvgIpc) is 2.75. The number of rotatable bonds is 2. The highest BCUT2D eigenvalue weighted by atomic mass is 32.1. The molecule has 0 bridgehead atoms. The van der Waals surface area contributed by atoms with Gasteiger partial charge in [-0.3, -0.25) is 0 Å². The molecule has 0 saturated heterocycles. The van der Waals surface area contributed by atoms with Crippen LogP contribution in [0.15, 0.2) is 41.9 Å². The Kier molecular flexibility index (Phi) is 4.25. The van der Waals surface area contributed by atoms with Crippen molar-refractivity contribution in [3.8, 4) is 23.8 Å². The minimum absolute atomic E-state index is 0.682. The molecule has 2 rings (SSSR count). The quantitative estimate of drug-likeness (QED) is 0.699. The lowest BCUT2D eigenvalue weighted by atomic mass is 10.3. The van der Waals surface area contributed by atoms with Crippen molar-refractivity contribution in [2.75, 3.05) is 0 Å². The van der Waals surface area contributed by atoms with E-state index in [0.717, 1.165) is 5.75 Å². The third kappa shape index (κ3) is 2.92. The summed E-state index contributed by atoms with van der Waals surface area (Å²) >= 11 is 1.48. The van der Waals surface area contributed by atoms with Crippen LogP contribution in [0.3, 0.4) is 0 Å². The summed E-state index contributed by atoms with van der Waals surface area (Å²) in [5, 5.41) is 2.57. The van der Waals surface area contributed by atoms with Crippen molar-refractivity contribution in [2.45, 2.75) is 0 Å². The van der Waals surface area contributed by atoms with E-state index < -0.39 is 0 Å². The Morgan fingerprint density at radius 2 is 1.86 bits per heavy atom. The standard InChI is InChI=1S/C9H7NOS.C2H2/c1-2-4-8(5-3-1)11-9-10-6-7-12-9;1-2/h1-7H;1-2H. The second-order valence-corrected chi connectivity index (χ2v) is 3.07. The van der Waals surface area contributed by atoms with Crippen molar-refractivity contribution in [2.24, 2.45) is 0 Å². The lowest BCUT2D eigenvalue weighted by molar-refractivity contribution is 0.479. The summed E-state index contributed by atoms with van der Waals surface area (Å²) in [7, 11) is 0. The van der Waals surface area contributed by atoms with Crippen molar-refractivity contribution >= 4 is 11.3 Å². The molecule has 1 aromatic carbocycles. The molecule has 0 amide bonds. The van der Waals surface area contributed by atoms with E-state index in [1.807, 2.05) is 35.7 Å². The molecule has 70 valence electrons. The van der Waals surface area contributed by atoms with Crippen LogP contribution in [-0.4, -0.2) is 4.98 Å². The van der Waals surface area contributed by atoms with Crippen LogP contribution >= 0.6 is 11.3 Å². The zero-order valence-electron chi connectivity index (χ0n) is 7.46. The number of nitrogens with zero attached hydrogens (tertiary/aromatic N) is 1. The van der Waals surface area contributed by atoms with Crippen LogP contribution in [0.4, 0.5) is 0 Å². The molecule has 0 N–H and O–H groups in total. The Morgan fingerprint density at radius 3 is 2.43 bits per heavy atom. The molecule has 1 aromatic heterocycles. The van der Waals surface area contributed by atoms with Gasteiger partial charge in [0.25, 0.3) is 5.19 Å². The molecule has 0 aliphatic rings. The topological polar surface area (TPSA) is 22.1 Å². The zero-order valence-corrected chi connectivity index (χ0v) is 8.28. The molecule has 0 spiro atoms. The van der Waals surface area contributed by atoms with Gasteiger partial charge in [-0.2, -0.15) is 0 Å². The van der Waals surface area contributed by atoms with E-state index in [2.05, 4.69) is 17.8 Å². The Hall–Kier alpha value is -1.79. The lowest BCUT2D eigenvalue weighted by Crippen LogP contribution is -1.80. The number of hydrogen-bond donors (Lipinski definition) is 0. The number of ether oxygens (including phenoxy) is 1. The maximum atomic E-state index is 5.43. The van der Waals surface area contributed by atoms with Crippen LogP contribution in [0.25, 0.3) is 0 Å². The molecule has 0 unspecified atom stereocenters. The summed E-state index contributed by atoms with van der Waals surface area (Å²) in [6.07, 6.45) is 9.73. The number of hydrogen-bond acceptors (Lipinski definition) is 3. The summed E-state index contributed by atoms with van der Waals surface area (Å²) in [4.78, 5) is 4.01. The van der Waals surface area contributed by atoms with Crippen LogP contribution < -0.4 is 4.74 Å². The first kappa shape index (κ1) is 10.3. The average molecular weight is 203 g/mol. The van der Waals surface area contributed by atoms with Gasteiger partial charge in [0.1, 0.15) is 5.75 Å². The molecule has 0 aliphatic carbocycles. The summed E-state index contributed by atoms with van der Waals surface area (Å²) in [5.41, 5.74) is 0. The normalized spacial score (nSPS) is 8.43. The van der Waals surface area contributed by atoms with Gasteiger partial charge >= 0.3 is 0 Å². The highest BCUT2D eigenvalue weighted by Crippen LogP contribution is 2.22. The number of thiazole rings is 1. The van der Waals surface area contributed by atoms with Gasteiger partial charge in [-0.25, -0.2) is 4.98 Å². The van der Waals surface area contributed by atoms with E-state index in [1.165, 1.54) is 11.3 Å². The Bertz CT molecular complexity index is 367. The fourth-order valence-electron chi connectivity index (χ4n) is 0.850. The monoisotopic (exact) mass is 203 g/mol. The van der Waals surface area contributed by atoms with Crippen molar-refractivity contribution in [3.63, 3.8) is 0 Å². The lowest BCUT2D eigenvalue weighted by Gasteiger charge is -1.98. The minimum Gasteiger partial charge on any atom is -0.431 e. The van der Waals surface area contributed by atoms with Gasteiger partial charge in [0.2, 0.25) is 0 Å². The van der Waals surface area contributed by atoms with E-state index >= 15 is 0 Å². The molecule has 0 aliphatic heterocycles. The van der Waals surface area contributed by atoms with E-state index in [1.54, 1.807) is 6.20 Å². The Balaban J connectivity index is 0.000000461. The van der Waals surface area contributed by atoms with Gasteiger partial charge in [-0.05, 0) is 12.1 Å². The van der Waals surface area contributed by atoms with Gasteiger partial charge in [-0.15, -0.1) is 12.8 Å². The van der Waals surface area contributed by atoms with Crippen LogP contribution in [0.1, 0.15) is 0 Å². The second-order valence-electron chi connectivity index (χ2n) is 2.21. The first-order valence-electron chi connectivity index (χ1n) is 3.91. The van der Waals surface area contributed by atoms with Gasteiger partial charge < -0.3 is 4.74 Å². The van der Waals surface area contributed by atoms with Crippen molar-refractivity contribution in [3.05, 3.63) is 41.9 Å². The van der Waals surface area contributed by atoms with E-state index in [-0.39, 0.29) is 0 Å². The maximum Gasteiger partial charge on any atom is 0.278 e. The minimum atomic E-state index is 0.682. The summed E-state index contributed by atoms with van der Waals surface area (Å²) in [6.45, 7) is 0. The largest absolute Gasteiger partial charge is 0.431 e. The first-order chi connectivity index (χ1) is 6.95. The van der Waals surface area contributed by atoms with Crippen molar-refractivity contribution in [1.82, 2.24) is 4.98 Å². The smallest absolute Gasteiger partial charge is 0.278 e. The molecule has 2 nitrogen and oxygen atoms in total.